The minimum atomic E-state index is 0.729. The number of unbranched alkanes of at least 4 members (excludes halogenated alkanes) is 2. The zero-order chi connectivity index (χ0) is 8.65. The molecular weight excluding hydrogens is 156 g/mol. The summed E-state index contributed by atoms with van der Waals surface area (Å²) in [5.74, 6) is 0.729. The van der Waals surface area contributed by atoms with Crippen molar-refractivity contribution in [1.82, 2.24) is 10.2 Å². The van der Waals surface area contributed by atoms with Crippen molar-refractivity contribution in [2.75, 3.05) is 13.7 Å². The molecule has 1 aromatic rings. The molecule has 0 aromatic carbocycles. The normalized spacial score (nSPS) is 10.4. The molecule has 68 valence electrons. The van der Waals surface area contributed by atoms with E-state index in [1.54, 1.807) is 7.11 Å². The minimum Gasteiger partial charge on any atom is -0.428 e. The molecule has 0 aliphatic heterocycles. The number of hydrogen-bond donors (Lipinski definition) is 0. The van der Waals surface area contributed by atoms with Gasteiger partial charge in [0, 0.05) is 20.1 Å². The van der Waals surface area contributed by atoms with Crippen molar-refractivity contribution < 1.29 is 9.15 Å². The molecule has 0 saturated carbocycles. The van der Waals surface area contributed by atoms with Crippen molar-refractivity contribution in [2.45, 2.75) is 25.7 Å². The molecule has 0 aliphatic carbocycles. The molecule has 0 unspecified atom stereocenters. The van der Waals surface area contributed by atoms with Gasteiger partial charge in [0.1, 0.15) is 0 Å². The first kappa shape index (κ1) is 9.19. The molecule has 0 aliphatic rings. The molecule has 0 radical (unpaired) electrons. The Kier molecular flexibility index (Phi) is 4.37. The fourth-order valence-electron chi connectivity index (χ4n) is 1.00. The molecule has 0 amide bonds. The van der Waals surface area contributed by atoms with E-state index >= 15 is 0 Å². The van der Waals surface area contributed by atoms with Gasteiger partial charge < -0.3 is 9.15 Å². The molecule has 0 bridgehead atoms. The molecule has 1 heterocycles. The van der Waals surface area contributed by atoms with E-state index in [-0.39, 0.29) is 0 Å². The zero-order valence-electron chi connectivity index (χ0n) is 7.32. The summed E-state index contributed by atoms with van der Waals surface area (Å²) in [5.41, 5.74) is 0. The topological polar surface area (TPSA) is 48.2 Å². The van der Waals surface area contributed by atoms with Gasteiger partial charge in [-0.1, -0.05) is 6.42 Å². The second-order valence-electron chi connectivity index (χ2n) is 2.64. The summed E-state index contributed by atoms with van der Waals surface area (Å²) >= 11 is 0. The highest BCUT2D eigenvalue weighted by atomic mass is 16.5. The Bertz CT molecular complexity index is 187. The third kappa shape index (κ3) is 3.48. The lowest BCUT2D eigenvalue weighted by molar-refractivity contribution is 0.192. The lowest BCUT2D eigenvalue weighted by Crippen LogP contribution is -1.90. The van der Waals surface area contributed by atoms with Gasteiger partial charge in [0.2, 0.25) is 12.3 Å². The molecule has 0 spiro atoms. The summed E-state index contributed by atoms with van der Waals surface area (Å²) in [7, 11) is 1.72. The van der Waals surface area contributed by atoms with E-state index in [0.29, 0.717) is 0 Å². The van der Waals surface area contributed by atoms with E-state index in [9.17, 15) is 0 Å². The van der Waals surface area contributed by atoms with Crippen molar-refractivity contribution in [3.8, 4) is 0 Å². The molecular formula is C8H14N2O2. The van der Waals surface area contributed by atoms with E-state index in [4.69, 9.17) is 9.15 Å². The van der Waals surface area contributed by atoms with Crippen LogP contribution in [0, 0.1) is 0 Å². The third-order valence-corrected chi connectivity index (χ3v) is 1.64. The molecule has 4 nitrogen and oxygen atoms in total. The maximum absolute atomic E-state index is 4.99. The molecule has 12 heavy (non-hydrogen) atoms. The van der Waals surface area contributed by atoms with Crippen molar-refractivity contribution in [3.63, 3.8) is 0 Å². The van der Waals surface area contributed by atoms with Crippen LogP contribution in [-0.2, 0) is 11.2 Å². The maximum Gasteiger partial charge on any atom is 0.216 e. The summed E-state index contributed by atoms with van der Waals surface area (Å²) in [5, 5.41) is 7.38. The molecule has 0 fully saturated rings. The minimum absolute atomic E-state index is 0.729. The van der Waals surface area contributed by atoms with E-state index in [0.717, 1.165) is 38.2 Å². The van der Waals surface area contributed by atoms with E-state index in [2.05, 4.69) is 10.2 Å². The lowest BCUT2D eigenvalue weighted by Gasteiger charge is -1.96. The monoisotopic (exact) mass is 170 g/mol. The Morgan fingerprint density at radius 1 is 1.42 bits per heavy atom. The smallest absolute Gasteiger partial charge is 0.216 e. The van der Waals surface area contributed by atoms with Gasteiger partial charge in [0.15, 0.2) is 0 Å². The standard InChI is InChI=1S/C8H14N2O2/c1-11-6-4-2-3-5-8-10-9-7-12-8/h7H,2-6H2,1H3. The van der Waals surface area contributed by atoms with Crippen LogP contribution in [0.4, 0.5) is 0 Å². The first-order valence-electron chi connectivity index (χ1n) is 4.17. The number of nitrogens with zero attached hydrogens (tertiary/aromatic N) is 2. The highest BCUT2D eigenvalue weighted by Crippen LogP contribution is 2.02. The van der Waals surface area contributed by atoms with E-state index in [1.165, 1.54) is 6.39 Å². The Morgan fingerprint density at radius 2 is 2.33 bits per heavy atom. The summed E-state index contributed by atoms with van der Waals surface area (Å²) < 4.78 is 9.91. The predicted octanol–water partition coefficient (Wildman–Crippen LogP) is 1.43. The van der Waals surface area contributed by atoms with Gasteiger partial charge in [-0.2, -0.15) is 0 Å². The average molecular weight is 170 g/mol. The van der Waals surface area contributed by atoms with Gasteiger partial charge in [0.25, 0.3) is 0 Å². The van der Waals surface area contributed by atoms with Crippen LogP contribution in [0.25, 0.3) is 0 Å². The number of aryl methyl sites for hydroxylation is 1. The van der Waals surface area contributed by atoms with Crippen molar-refractivity contribution in [3.05, 3.63) is 12.3 Å². The van der Waals surface area contributed by atoms with Crippen molar-refractivity contribution >= 4 is 0 Å². The van der Waals surface area contributed by atoms with Gasteiger partial charge in [0.05, 0.1) is 0 Å². The quantitative estimate of drug-likeness (QED) is 0.606. The first-order valence-corrected chi connectivity index (χ1v) is 4.17. The molecule has 1 aromatic heterocycles. The Morgan fingerprint density at radius 3 is 3.00 bits per heavy atom. The lowest BCUT2D eigenvalue weighted by atomic mass is 10.2. The Balaban J connectivity index is 1.96. The van der Waals surface area contributed by atoms with Crippen LogP contribution in [-0.4, -0.2) is 23.9 Å². The Labute approximate surface area is 71.9 Å². The van der Waals surface area contributed by atoms with Crippen LogP contribution in [0.5, 0.6) is 0 Å². The van der Waals surface area contributed by atoms with Crippen LogP contribution < -0.4 is 0 Å². The van der Waals surface area contributed by atoms with Crippen molar-refractivity contribution in [2.24, 2.45) is 0 Å². The van der Waals surface area contributed by atoms with Crippen molar-refractivity contribution in [1.29, 1.82) is 0 Å². The fourth-order valence-corrected chi connectivity index (χ4v) is 1.00. The van der Waals surface area contributed by atoms with Crippen LogP contribution >= 0.6 is 0 Å². The van der Waals surface area contributed by atoms with Crippen LogP contribution in [0.1, 0.15) is 25.2 Å². The molecule has 0 N–H and O–H groups in total. The van der Waals surface area contributed by atoms with E-state index < -0.39 is 0 Å². The largest absolute Gasteiger partial charge is 0.428 e. The number of ether oxygens (including phenoxy) is 1. The van der Waals surface area contributed by atoms with Gasteiger partial charge in [-0.05, 0) is 12.8 Å². The van der Waals surface area contributed by atoms with Crippen LogP contribution in [0.2, 0.25) is 0 Å². The number of aromatic nitrogens is 2. The average Bonchev–Trinajstić information content (AvgIpc) is 2.57. The van der Waals surface area contributed by atoms with Crippen LogP contribution in [0.3, 0.4) is 0 Å². The molecule has 4 heteroatoms. The third-order valence-electron chi connectivity index (χ3n) is 1.64. The van der Waals surface area contributed by atoms with Gasteiger partial charge in [-0.15, -0.1) is 10.2 Å². The highest BCUT2D eigenvalue weighted by Gasteiger charge is 1.97. The summed E-state index contributed by atoms with van der Waals surface area (Å²) in [6.07, 6.45) is 5.58. The van der Waals surface area contributed by atoms with Gasteiger partial charge in [-0.3, -0.25) is 0 Å². The maximum atomic E-state index is 4.99. The number of methoxy groups -OCH3 is 1. The summed E-state index contributed by atoms with van der Waals surface area (Å²) in [6, 6.07) is 0. The molecule has 0 atom stereocenters. The molecule has 1 rings (SSSR count). The van der Waals surface area contributed by atoms with E-state index in [1.807, 2.05) is 0 Å². The second-order valence-corrected chi connectivity index (χ2v) is 2.64. The molecule has 0 saturated heterocycles. The van der Waals surface area contributed by atoms with Crippen LogP contribution in [0.15, 0.2) is 10.8 Å². The second kappa shape index (κ2) is 5.71. The predicted molar refractivity (Wildman–Crippen MR) is 43.7 cm³/mol. The van der Waals surface area contributed by atoms with Gasteiger partial charge in [-0.25, -0.2) is 0 Å². The Hall–Kier alpha value is -0.900. The van der Waals surface area contributed by atoms with Gasteiger partial charge >= 0.3 is 0 Å². The zero-order valence-corrected chi connectivity index (χ0v) is 7.32. The SMILES string of the molecule is COCCCCCc1nnco1. The summed E-state index contributed by atoms with van der Waals surface area (Å²) in [6.45, 7) is 0.837. The fraction of sp³-hybridized carbons (Fsp3) is 0.750. The summed E-state index contributed by atoms with van der Waals surface area (Å²) in [4.78, 5) is 0. The number of hydrogen-bond acceptors (Lipinski definition) is 4. The highest BCUT2D eigenvalue weighted by molar-refractivity contribution is 4.71. The number of rotatable bonds is 6. The first-order chi connectivity index (χ1) is 5.93.